The summed E-state index contributed by atoms with van der Waals surface area (Å²) in [4.78, 5) is 21.6. The number of piperazine rings is 1. The number of aryl methyl sites for hydroxylation is 1. The lowest BCUT2D eigenvalue weighted by Crippen LogP contribution is -2.50. The standard InChI is InChI=1S/C25H27N5O/c1-20-22(10-7-11-27-20)24(19-26)29-14-16-30(17-15-29)25(31)18-23(28-12-5-6-13-28)21-8-3-2-4-9-21/h2-13,23-24H,14-18H2,1H3. The molecular weight excluding hydrogens is 386 g/mol. The van der Waals surface area contributed by atoms with Gasteiger partial charge in [-0.2, -0.15) is 5.26 Å². The number of aromatic nitrogens is 2. The molecular formula is C25H27N5O. The van der Waals surface area contributed by atoms with E-state index in [-0.39, 0.29) is 18.0 Å². The van der Waals surface area contributed by atoms with Crippen LogP contribution < -0.4 is 0 Å². The molecule has 4 rings (SSSR count). The molecule has 1 aromatic carbocycles. The van der Waals surface area contributed by atoms with Gasteiger partial charge in [-0.15, -0.1) is 0 Å². The Balaban J connectivity index is 1.42. The van der Waals surface area contributed by atoms with Crippen molar-refractivity contribution in [3.8, 4) is 6.07 Å². The molecule has 2 aromatic heterocycles. The summed E-state index contributed by atoms with van der Waals surface area (Å²) in [5.74, 6) is 0.147. The van der Waals surface area contributed by atoms with Gasteiger partial charge < -0.3 is 9.47 Å². The molecule has 0 aliphatic carbocycles. The molecule has 1 aliphatic rings. The van der Waals surface area contributed by atoms with Gasteiger partial charge in [0, 0.05) is 56.0 Å². The molecule has 0 saturated carbocycles. The second-order valence-corrected chi connectivity index (χ2v) is 7.89. The Morgan fingerprint density at radius 2 is 1.74 bits per heavy atom. The minimum Gasteiger partial charge on any atom is -0.346 e. The number of hydrogen-bond acceptors (Lipinski definition) is 4. The van der Waals surface area contributed by atoms with E-state index in [1.807, 2.05) is 66.7 Å². The molecule has 1 aliphatic heterocycles. The summed E-state index contributed by atoms with van der Waals surface area (Å²) < 4.78 is 2.10. The molecule has 1 saturated heterocycles. The smallest absolute Gasteiger partial charge is 0.225 e. The number of amides is 1. The van der Waals surface area contributed by atoms with Crippen LogP contribution in [0.15, 0.2) is 73.2 Å². The van der Waals surface area contributed by atoms with E-state index in [1.54, 1.807) is 6.20 Å². The van der Waals surface area contributed by atoms with Gasteiger partial charge in [-0.25, -0.2) is 0 Å². The summed E-state index contributed by atoms with van der Waals surface area (Å²) in [5, 5.41) is 9.78. The summed E-state index contributed by atoms with van der Waals surface area (Å²) in [7, 11) is 0. The molecule has 1 fully saturated rings. The molecule has 6 heteroatoms. The van der Waals surface area contributed by atoms with Crippen LogP contribution in [0, 0.1) is 18.3 Å². The Morgan fingerprint density at radius 1 is 1.03 bits per heavy atom. The van der Waals surface area contributed by atoms with E-state index in [1.165, 1.54) is 0 Å². The predicted molar refractivity (Wildman–Crippen MR) is 119 cm³/mol. The fourth-order valence-corrected chi connectivity index (χ4v) is 4.28. The summed E-state index contributed by atoms with van der Waals surface area (Å²) in [6.45, 7) is 4.55. The first kappa shape index (κ1) is 20.8. The highest BCUT2D eigenvalue weighted by atomic mass is 16.2. The van der Waals surface area contributed by atoms with E-state index in [4.69, 9.17) is 0 Å². The van der Waals surface area contributed by atoms with Crippen LogP contribution >= 0.6 is 0 Å². The number of carbonyl (C=O) groups is 1. The lowest BCUT2D eigenvalue weighted by Gasteiger charge is -2.37. The molecule has 0 radical (unpaired) electrons. The lowest BCUT2D eigenvalue weighted by atomic mass is 10.0. The molecule has 0 N–H and O–H groups in total. The van der Waals surface area contributed by atoms with Gasteiger partial charge in [0.1, 0.15) is 6.04 Å². The average Bonchev–Trinajstić information content (AvgIpc) is 3.35. The lowest BCUT2D eigenvalue weighted by molar-refractivity contribution is -0.133. The second kappa shape index (κ2) is 9.59. The molecule has 0 bridgehead atoms. The van der Waals surface area contributed by atoms with Crippen LogP contribution in [0.1, 0.15) is 35.3 Å². The van der Waals surface area contributed by atoms with Gasteiger partial charge in [0.05, 0.1) is 18.5 Å². The number of pyridine rings is 1. The third-order valence-electron chi connectivity index (χ3n) is 6.04. The maximum absolute atomic E-state index is 13.2. The maximum Gasteiger partial charge on any atom is 0.225 e. The quantitative estimate of drug-likeness (QED) is 0.620. The van der Waals surface area contributed by atoms with Crippen LogP contribution in [0.4, 0.5) is 0 Å². The first-order valence-corrected chi connectivity index (χ1v) is 10.7. The molecule has 3 aromatic rings. The summed E-state index contributed by atoms with van der Waals surface area (Å²) >= 11 is 0. The van der Waals surface area contributed by atoms with Crippen LogP contribution in [-0.4, -0.2) is 51.4 Å². The minimum absolute atomic E-state index is 0.0216. The van der Waals surface area contributed by atoms with Crippen molar-refractivity contribution in [3.63, 3.8) is 0 Å². The van der Waals surface area contributed by atoms with E-state index in [0.717, 1.165) is 16.8 Å². The van der Waals surface area contributed by atoms with E-state index >= 15 is 0 Å². The fraction of sp³-hybridized carbons (Fsp3) is 0.320. The Kier molecular flexibility index (Phi) is 6.44. The van der Waals surface area contributed by atoms with E-state index in [9.17, 15) is 10.1 Å². The largest absolute Gasteiger partial charge is 0.346 e. The minimum atomic E-state index is -0.331. The monoisotopic (exact) mass is 413 g/mol. The van der Waals surface area contributed by atoms with E-state index in [2.05, 4.69) is 32.7 Å². The first-order chi connectivity index (χ1) is 15.2. The molecule has 1 amide bonds. The highest BCUT2D eigenvalue weighted by Gasteiger charge is 2.29. The van der Waals surface area contributed by atoms with Gasteiger partial charge in [0.2, 0.25) is 5.91 Å². The van der Waals surface area contributed by atoms with Crippen molar-refractivity contribution >= 4 is 5.91 Å². The van der Waals surface area contributed by atoms with Crippen LogP contribution in [0.25, 0.3) is 0 Å². The first-order valence-electron chi connectivity index (χ1n) is 10.7. The predicted octanol–water partition coefficient (Wildman–Crippen LogP) is 3.58. The maximum atomic E-state index is 13.2. The zero-order valence-corrected chi connectivity index (χ0v) is 17.8. The topological polar surface area (TPSA) is 65.2 Å². The van der Waals surface area contributed by atoms with Crippen molar-refractivity contribution in [2.24, 2.45) is 0 Å². The van der Waals surface area contributed by atoms with Gasteiger partial charge >= 0.3 is 0 Å². The zero-order valence-electron chi connectivity index (χ0n) is 17.8. The van der Waals surface area contributed by atoms with Crippen LogP contribution in [-0.2, 0) is 4.79 Å². The van der Waals surface area contributed by atoms with Crippen LogP contribution in [0.3, 0.4) is 0 Å². The zero-order chi connectivity index (χ0) is 21.6. The number of hydrogen-bond donors (Lipinski definition) is 0. The van der Waals surface area contributed by atoms with Crippen LogP contribution in [0.5, 0.6) is 0 Å². The molecule has 2 unspecified atom stereocenters. The number of benzene rings is 1. The van der Waals surface area contributed by atoms with Gasteiger partial charge in [0.15, 0.2) is 0 Å². The number of nitriles is 1. The average molecular weight is 414 g/mol. The number of carbonyl (C=O) groups excluding carboxylic acids is 1. The van der Waals surface area contributed by atoms with Crippen molar-refractivity contribution < 1.29 is 4.79 Å². The fourth-order valence-electron chi connectivity index (χ4n) is 4.28. The molecule has 6 nitrogen and oxygen atoms in total. The van der Waals surface area contributed by atoms with Gasteiger partial charge in [-0.05, 0) is 30.7 Å². The van der Waals surface area contributed by atoms with Crippen molar-refractivity contribution in [2.75, 3.05) is 26.2 Å². The number of nitrogens with zero attached hydrogens (tertiary/aromatic N) is 5. The Hall–Kier alpha value is -3.43. The Labute approximate surface area is 183 Å². The molecule has 31 heavy (non-hydrogen) atoms. The normalized spacial score (nSPS) is 16.5. The van der Waals surface area contributed by atoms with Crippen molar-refractivity contribution in [3.05, 3.63) is 90.0 Å². The SMILES string of the molecule is Cc1ncccc1C(C#N)N1CCN(C(=O)CC(c2ccccc2)n2cccc2)CC1. The Bertz CT molecular complexity index is 1030. The number of rotatable bonds is 6. The van der Waals surface area contributed by atoms with Gasteiger partial charge in [0.25, 0.3) is 0 Å². The molecule has 3 heterocycles. The molecule has 2 atom stereocenters. The van der Waals surface area contributed by atoms with E-state index in [0.29, 0.717) is 32.6 Å². The van der Waals surface area contributed by atoms with Crippen molar-refractivity contribution in [2.45, 2.75) is 25.4 Å². The Morgan fingerprint density at radius 3 is 2.39 bits per heavy atom. The summed E-state index contributed by atoms with van der Waals surface area (Å²) in [6, 6.07) is 20.0. The van der Waals surface area contributed by atoms with Crippen molar-refractivity contribution in [1.82, 2.24) is 19.4 Å². The highest BCUT2D eigenvalue weighted by molar-refractivity contribution is 5.77. The molecule has 0 spiro atoms. The highest BCUT2D eigenvalue weighted by Crippen LogP contribution is 2.26. The van der Waals surface area contributed by atoms with Crippen molar-refractivity contribution in [1.29, 1.82) is 5.26 Å². The third-order valence-corrected chi connectivity index (χ3v) is 6.04. The third kappa shape index (κ3) is 4.68. The van der Waals surface area contributed by atoms with Crippen LogP contribution in [0.2, 0.25) is 0 Å². The van der Waals surface area contributed by atoms with E-state index < -0.39 is 0 Å². The summed E-state index contributed by atoms with van der Waals surface area (Å²) in [6.07, 6.45) is 6.19. The summed E-state index contributed by atoms with van der Waals surface area (Å²) in [5.41, 5.74) is 2.95. The van der Waals surface area contributed by atoms with Gasteiger partial charge in [-0.1, -0.05) is 36.4 Å². The second-order valence-electron chi connectivity index (χ2n) is 7.89. The molecule has 158 valence electrons. The van der Waals surface area contributed by atoms with Gasteiger partial charge in [-0.3, -0.25) is 14.7 Å².